The highest BCUT2D eigenvalue weighted by Crippen LogP contribution is 2.38. The molecule has 1 aromatic rings. The summed E-state index contributed by atoms with van der Waals surface area (Å²) < 4.78 is 16.3. The molecule has 4 heteroatoms. The SMILES string of the molecule is C=C(C)CCOc1cc2c(cc1CN)OCO2. The molecule has 0 aliphatic carbocycles. The molecule has 2 rings (SSSR count). The van der Waals surface area contributed by atoms with Gasteiger partial charge >= 0.3 is 0 Å². The van der Waals surface area contributed by atoms with Crippen molar-refractivity contribution in [1.82, 2.24) is 0 Å². The first-order valence-corrected chi connectivity index (χ1v) is 5.60. The van der Waals surface area contributed by atoms with Crippen LogP contribution in [0.3, 0.4) is 0 Å². The van der Waals surface area contributed by atoms with E-state index in [-0.39, 0.29) is 6.79 Å². The number of ether oxygens (including phenoxy) is 3. The molecule has 0 saturated carbocycles. The van der Waals surface area contributed by atoms with E-state index in [1.54, 1.807) is 0 Å². The van der Waals surface area contributed by atoms with Crippen LogP contribution in [0.25, 0.3) is 0 Å². The number of nitrogens with two attached hydrogens (primary N) is 1. The summed E-state index contributed by atoms with van der Waals surface area (Å²) in [6.07, 6.45) is 0.832. The quantitative estimate of drug-likeness (QED) is 0.795. The van der Waals surface area contributed by atoms with Crippen LogP contribution in [0.1, 0.15) is 18.9 Å². The van der Waals surface area contributed by atoms with E-state index in [1.807, 2.05) is 19.1 Å². The Bertz CT molecular complexity index is 429. The smallest absolute Gasteiger partial charge is 0.231 e. The minimum absolute atomic E-state index is 0.258. The van der Waals surface area contributed by atoms with E-state index in [9.17, 15) is 0 Å². The third-order valence-corrected chi connectivity index (χ3v) is 2.56. The van der Waals surface area contributed by atoms with E-state index in [2.05, 4.69) is 6.58 Å². The molecule has 0 amide bonds. The highest BCUT2D eigenvalue weighted by atomic mass is 16.7. The van der Waals surface area contributed by atoms with Gasteiger partial charge in [-0.25, -0.2) is 0 Å². The van der Waals surface area contributed by atoms with Crippen molar-refractivity contribution < 1.29 is 14.2 Å². The maximum Gasteiger partial charge on any atom is 0.231 e. The van der Waals surface area contributed by atoms with Crippen molar-refractivity contribution >= 4 is 0 Å². The van der Waals surface area contributed by atoms with Gasteiger partial charge in [0.05, 0.1) is 6.61 Å². The Labute approximate surface area is 101 Å². The molecule has 0 atom stereocenters. The summed E-state index contributed by atoms with van der Waals surface area (Å²) >= 11 is 0. The van der Waals surface area contributed by atoms with Crippen LogP contribution in [-0.2, 0) is 6.54 Å². The average molecular weight is 235 g/mol. The molecule has 2 N–H and O–H groups in total. The fourth-order valence-electron chi connectivity index (χ4n) is 1.59. The molecule has 1 aliphatic rings. The molecule has 0 radical (unpaired) electrons. The Morgan fingerprint density at radius 2 is 2.12 bits per heavy atom. The zero-order valence-electron chi connectivity index (χ0n) is 9.99. The molecule has 1 aromatic carbocycles. The van der Waals surface area contributed by atoms with Crippen molar-refractivity contribution in [2.24, 2.45) is 5.73 Å². The Hall–Kier alpha value is -1.68. The van der Waals surface area contributed by atoms with Gasteiger partial charge in [0, 0.05) is 24.6 Å². The Balaban J connectivity index is 2.12. The molecule has 0 saturated heterocycles. The largest absolute Gasteiger partial charge is 0.493 e. The maximum atomic E-state index is 5.69. The monoisotopic (exact) mass is 235 g/mol. The van der Waals surface area contributed by atoms with Crippen molar-refractivity contribution in [3.63, 3.8) is 0 Å². The number of rotatable bonds is 5. The molecule has 1 heterocycles. The number of hydrogen-bond acceptors (Lipinski definition) is 4. The number of benzene rings is 1. The second kappa shape index (κ2) is 5.10. The van der Waals surface area contributed by atoms with Gasteiger partial charge in [-0.3, -0.25) is 0 Å². The fraction of sp³-hybridized carbons (Fsp3) is 0.385. The minimum Gasteiger partial charge on any atom is -0.493 e. The zero-order chi connectivity index (χ0) is 12.3. The zero-order valence-corrected chi connectivity index (χ0v) is 9.99. The van der Waals surface area contributed by atoms with Crippen LogP contribution in [0.2, 0.25) is 0 Å². The van der Waals surface area contributed by atoms with Crippen LogP contribution in [0.15, 0.2) is 24.3 Å². The first kappa shape index (κ1) is 11.8. The molecule has 0 aromatic heterocycles. The first-order valence-electron chi connectivity index (χ1n) is 5.60. The van der Waals surface area contributed by atoms with Crippen LogP contribution in [0, 0.1) is 0 Å². The predicted molar refractivity (Wildman–Crippen MR) is 65.4 cm³/mol. The third-order valence-electron chi connectivity index (χ3n) is 2.56. The maximum absolute atomic E-state index is 5.69. The van der Waals surface area contributed by atoms with E-state index >= 15 is 0 Å². The summed E-state index contributed by atoms with van der Waals surface area (Å²) in [5.41, 5.74) is 7.71. The molecule has 0 fully saturated rings. The molecule has 17 heavy (non-hydrogen) atoms. The van der Waals surface area contributed by atoms with E-state index < -0.39 is 0 Å². The van der Waals surface area contributed by atoms with Crippen molar-refractivity contribution in [2.75, 3.05) is 13.4 Å². The van der Waals surface area contributed by atoms with Gasteiger partial charge in [0.1, 0.15) is 5.75 Å². The lowest BCUT2D eigenvalue weighted by atomic mass is 10.1. The lowest BCUT2D eigenvalue weighted by Crippen LogP contribution is -2.04. The molecule has 4 nitrogen and oxygen atoms in total. The summed E-state index contributed by atoms with van der Waals surface area (Å²) in [6.45, 7) is 7.09. The van der Waals surface area contributed by atoms with E-state index in [0.717, 1.165) is 29.1 Å². The molecular weight excluding hydrogens is 218 g/mol. The standard InChI is InChI=1S/C13H17NO3/c1-9(2)3-4-15-11-6-13-12(16-8-17-13)5-10(11)7-14/h5-6H,1,3-4,7-8,14H2,2H3. The molecular formula is C13H17NO3. The van der Waals surface area contributed by atoms with Gasteiger partial charge in [0.25, 0.3) is 0 Å². The summed E-state index contributed by atoms with van der Waals surface area (Å²) in [5.74, 6) is 2.21. The second-order valence-corrected chi connectivity index (χ2v) is 4.07. The van der Waals surface area contributed by atoms with Crippen molar-refractivity contribution in [3.05, 3.63) is 29.8 Å². The highest BCUT2D eigenvalue weighted by molar-refractivity contribution is 5.51. The summed E-state index contributed by atoms with van der Waals surface area (Å²) in [6, 6.07) is 3.71. The topological polar surface area (TPSA) is 53.7 Å². The Morgan fingerprint density at radius 1 is 1.41 bits per heavy atom. The lowest BCUT2D eigenvalue weighted by Gasteiger charge is -2.11. The van der Waals surface area contributed by atoms with Crippen molar-refractivity contribution in [1.29, 1.82) is 0 Å². The van der Waals surface area contributed by atoms with Crippen LogP contribution < -0.4 is 19.9 Å². The Kier molecular flexibility index (Phi) is 3.54. The van der Waals surface area contributed by atoms with Gasteiger partial charge in [-0.05, 0) is 13.0 Å². The van der Waals surface area contributed by atoms with Gasteiger partial charge in [-0.2, -0.15) is 0 Å². The number of fused-ring (bicyclic) bond motifs is 1. The summed E-state index contributed by atoms with van der Waals surface area (Å²) in [7, 11) is 0. The predicted octanol–water partition coefficient (Wildman–Crippen LogP) is 2.22. The number of hydrogen-bond donors (Lipinski definition) is 1. The van der Waals surface area contributed by atoms with Gasteiger partial charge in [0.15, 0.2) is 11.5 Å². The van der Waals surface area contributed by atoms with E-state index in [1.165, 1.54) is 0 Å². The normalized spacial score (nSPS) is 12.6. The molecule has 0 bridgehead atoms. The van der Waals surface area contributed by atoms with Crippen LogP contribution >= 0.6 is 0 Å². The average Bonchev–Trinajstić information content (AvgIpc) is 2.74. The molecule has 0 spiro atoms. The van der Waals surface area contributed by atoms with Crippen LogP contribution in [-0.4, -0.2) is 13.4 Å². The van der Waals surface area contributed by atoms with E-state index in [0.29, 0.717) is 18.9 Å². The first-order chi connectivity index (χ1) is 8.20. The summed E-state index contributed by atoms with van der Waals surface area (Å²) in [5, 5.41) is 0. The minimum atomic E-state index is 0.258. The van der Waals surface area contributed by atoms with Crippen LogP contribution in [0.4, 0.5) is 0 Å². The van der Waals surface area contributed by atoms with E-state index in [4.69, 9.17) is 19.9 Å². The molecule has 1 aliphatic heterocycles. The van der Waals surface area contributed by atoms with Gasteiger partial charge < -0.3 is 19.9 Å². The summed E-state index contributed by atoms with van der Waals surface area (Å²) in [4.78, 5) is 0. The fourth-order valence-corrected chi connectivity index (χ4v) is 1.59. The Morgan fingerprint density at radius 3 is 2.76 bits per heavy atom. The van der Waals surface area contributed by atoms with Crippen molar-refractivity contribution in [2.45, 2.75) is 19.9 Å². The lowest BCUT2D eigenvalue weighted by molar-refractivity contribution is 0.173. The van der Waals surface area contributed by atoms with Gasteiger partial charge in [0.2, 0.25) is 6.79 Å². The third kappa shape index (κ3) is 2.71. The van der Waals surface area contributed by atoms with Gasteiger partial charge in [-0.15, -0.1) is 6.58 Å². The van der Waals surface area contributed by atoms with Crippen molar-refractivity contribution in [3.8, 4) is 17.2 Å². The highest BCUT2D eigenvalue weighted by Gasteiger charge is 2.17. The van der Waals surface area contributed by atoms with Gasteiger partial charge in [-0.1, -0.05) is 5.57 Å². The second-order valence-electron chi connectivity index (χ2n) is 4.07. The molecule has 0 unspecified atom stereocenters. The van der Waals surface area contributed by atoms with Crippen LogP contribution in [0.5, 0.6) is 17.2 Å². The molecule has 92 valence electrons.